The van der Waals surface area contributed by atoms with Gasteiger partial charge in [0.25, 0.3) is 5.91 Å². The third-order valence-electron chi connectivity index (χ3n) is 3.56. The molecule has 1 aromatic rings. The van der Waals surface area contributed by atoms with Crippen LogP contribution >= 0.6 is 12.4 Å². The van der Waals surface area contributed by atoms with Gasteiger partial charge >= 0.3 is 0 Å². The maximum atomic E-state index is 12.1. The van der Waals surface area contributed by atoms with E-state index in [0.29, 0.717) is 17.7 Å². The summed E-state index contributed by atoms with van der Waals surface area (Å²) < 4.78 is 0. The van der Waals surface area contributed by atoms with Gasteiger partial charge in [-0.25, -0.2) is 0 Å². The largest absolute Gasteiger partial charge is 0.399 e. The highest BCUT2D eigenvalue weighted by atomic mass is 35.5. The molecule has 0 aliphatic heterocycles. The fourth-order valence-electron chi connectivity index (χ4n) is 2.53. The molecular weight excluding hydrogens is 278 g/mol. The van der Waals surface area contributed by atoms with Gasteiger partial charge in [0.15, 0.2) is 0 Å². The number of nitrogen functional groups attached to an aromatic ring is 1. The molecule has 110 valence electrons. The lowest BCUT2D eigenvalue weighted by Crippen LogP contribution is -2.41. The van der Waals surface area contributed by atoms with E-state index in [1.807, 2.05) is 0 Å². The van der Waals surface area contributed by atoms with Gasteiger partial charge in [-0.05, 0) is 37.5 Å². The van der Waals surface area contributed by atoms with Crippen LogP contribution in [-0.4, -0.2) is 17.9 Å². The predicted octanol–water partition coefficient (Wildman–Crippen LogP) is 1.46. The lowest BCUT2D eigenvalue weighted by atomic mass is 9.85. The Bertz CT molecular complexity index is 493. The number of carbonyl (C=O) groups is 2. The molecule has 0 aromatic heterocycles. The van der Waals surface area contributed by atoms with Crippen molar-refractivity contribution >= 4 is 29.9 Å². The zero-order valence-corrected chi connectivity index (χ0v) is 12.0. The van der Waals surface area contributed by atoms with E-state index in [2.05, 4.69) is 5.32 Å². The molecule has 0 saturated heterocycles. The number of hydrogen-bond acceptors (Lipinski definition) is 3. The van der Waals surface area contributed by atoms with E-state index in [1.165, 1.54) is 0 Å². The van der Waals surface area contributed by atoms with Gasteiger partial charge in [0.2, 0.25) is 5.91 Å². The van der Waals surface area contributed by atoms with Crippen LogP contribution in [0.15, 0.2) is 24.3 Å². The number of nitrogens with two attached hydrogens (primary N) is 2. The Labute approximate surface area is 124 Å². The fraction of sp³-hybridized carbons (Fsp3) is 0.429. The van der Waals surface area contributed by atoms with Gasteiger partial charge in [-0.1, -0.05) is 12.5 Å². The van der Waals surface area contributed by atoms with Crippen molar-refractivity contribution in [3.8, 4) is 0 Å². The Morgan fingerprint density at radius 2 is 2.00 bits per heavy atom. The number of benzene rings is 1. The Balaban J connectivity index is 0.00000200. The smallest absolute Gasteiger partial charge is 0.251 e. The molecule has 2 atom stereocenters. The standard InChI is InChI=1S/C14H19N3O2.ClH/c15-11-5-1-4-10(7-11)14(19)17-12-6-2-3-9(8-12)13(16)18;/h1,4-5,7,9,12H,2-3,6,8,15H2,(H2,16,18)(H,17,19);1H. The number of anilines is 1. The molecule has 0 bridgehead atoms. The number of nitrogens with one attached hydrogen (secondary N) is 1. The van der Waals surface area contributed by atoms with Gasteiger partial charge in [0, 0.05) is 23.2 Å². The molecular formula is C14H20ClN3O2. The summed E-state index contributed by atoms with van der Waals surface area (Å²) in [7, 11) is 0. The van der Waals surface area contributed by atoms with Gasteiger partial charge in [-0.2, -0.15) is 0 Å². The molecule has 2 rings (SSSR count). The van der Waals surface area contributed by atoms with Gasteiger partial charge in [0.1, 0.15) is 0 Å². The highest BCUT2D eigenvalue weighted by molar-refractivity contribution is 5.95. The fourth-order valence-corrected chi connectivity index (χ4v) is 2.53. The maximum Gasteiger partial charge on any atom is 0.251 e. The second-order valence-electron chi connectivity index (χ2n) is 5.06. The number of primary amides is 1. The molecule has 6 heteroatoms. The van der Waals surface area contributed by atoms with Crippen molar-refractivity contribution in [1.29, 1.82) is 0 Å². The highest BCUT2D eigenvalue weighted by Gasteiger charge is 2.26. The highest BCUT2D eigenvalue weighted by Crippen LogP contribution is 2.24. The molecule has 1 fully saturated rings. The third kappa shape index (κ3) is 4.13. The summed E-state index contributed by atoms with van der Waals surface area (Å²) in [6.07, 6.45) is 3.25. The van der Waals surface area contributed by atoms with Crippen molar-refractivity contribution in [3.63, 3.8) is 0 Å². The summed E-state index contributed by atoms with van der Waals surface area (Å²) in [5.74, 6) is -0.551. The summed E-state index contributed by atoms with van der Waals surface area (Å²) in [5.41, 5.74) is 12.1. The van der Waals surface area contributed by atoms with Crippen molar-refractivity contribution in [2.75, 3.05) is 5.73 Å². The normalized spacial score (nSPS) is 21.6. The SMILES string of the molecule is Cl.NC(=O)C1CCCC(NC(=O)c2cccc(N)c2)C1. The average Bonchev–Trinajstić information content (AvgIpc) is 2.39. The zero-order valence-electron chi connectivity index (χ0n) is 11.2. The van der Waals surface area contributed by atoms with Crippen LogP contribution in [0.5, 0.6) is 0 Å². The van der Waals surface area contributed by atoms with Gasteiger partial charge in [0.05, 0.1) is 0 Å². The minimum absolute atomic E-state index is 0. The van der Waals surface area contributed by atoms with Gasteiger partial charge in [-0.15, -0.1) is 12.4 Å². The topological polar surface area (TPSA) is 98.2 Å². The van der Waals surface area contributed by atoms with E-state index >= 15 is 0 Å². The molecule has 1 aliphatic carbocycles. The first-order valence-electron chi connectivity index (χ1n) is 6.52. The monoisotopic (exact) mass is 297 g/mol. The van der Waals surface area contributed by atoms with Crippen molar-refractivity contribution in [2.24, 2.45) is 11.7 Å². The van der Waals surface area contributed by atoms with E-state index in [1.54, 1.807) is 24.3 Å². The molecule has 2 amide bonds. The van der Waals surface area contributed by atoms with E-state index in [4.69, 9.17) is 11.5 Å². The van der Waals surface area contributed by atoms with E-state index in [-0.39, 0.29) is 36.2 Å². The summed E-state index contributed by atoms with van der Waals surface area (Å²) in [5, 5.41) is 2.94. The molecule has 2 unspecified atom stereocenters. The second-order valence-corrected chi connectivity index (χ2v) is 5.06. The number of halogens is 1. The minimum atomic E-state index is -0.275. The maximum absolute atomic E-state index is 12.1. The molecule has 0 heterocycles. The number of carbonyl (C=O) groups excluding carboxylic acids is 2. The lowest BCUT2D eigenvalue weighted by molar-refractivity contribution is -0.122. The summed E-state index contributed by atoms with van der Waals surface area (Å²) in [4.78, 5) is 23.3. The van der Waals surface area contributed by atoms with Crippen molar-refractivity contribution < 1.29 is 9.59 Å². The minimum Gasteiger partial charge on any atom is -0.399 e. The Kier molecular flexibility index (Phi) is 5.82. The Hall–Kier alpha value is -1.75. The van der Waals surface area contributed by atoms with Crippen LogP contribution < -0.4 is 16.8 Å². The van der Waals surface area contributed by atoms with Gasteiger partial charge < -0.3 is 16.8 Å². The Morgan fingerprint density at radius 1 is 1.25 bits per heavy atom. The number of amides is 2. The second kappa shape index (κ2) is 7.14. The first kappa shape index (κ1) is 16.3. The van der Waals surface area contributed by atoms with Crippen LogP contribution in [0.3, 0.4) is 0 Å². The predicted molar refractivity (Wildman–Crippen MR) is 80.5 cm³/mol. The van der Waals surface area contributed by atoms with E-state index in [0.717, 1.165) is 19.3 Å². The molecule has 1 aromatic carbocycles. The number of hydrogen-bond donors (Lipinski definition) is 3. The quantitative estimate of drug-likeness (QED) is 0.737. The van der Waals surface area contributed by atoms with Crippen molar-refractivity contribution in [2.45, 2.75) is 31.7 Å². The molecule has 0 radical (unpaired) electrons. The first-order chi connectivity index (χ1) is 9.06. The van der Waals surface area contributed by atoms with Crippen LogP contribution in [0.4, 0.5) is 5.69 Å². The van der Waals surface area contributed by atoms with Crippen LogP contribution in [0.2, 0.25) is 0 Å². The number of rotatable bonds is 3. The van der Waals surface area contributed by atoms with E-state index < -0.39 is 0 Å². The first-order valence-corrected chi connectivity index (χ1v) is 6.52. The average molecular weight is 298 g/mol. The lowest BCUT2D eigenvalue weighted by Gasteiger charge is -2.27. The Morgan fingerprint density at radius 3 is 2.65 bits per heavy atom. The molecule has 20 heavy (non-hydrogen) atoms. The molecule has 1 saturated carbocycles. The third-order valence-corrected chi connectivity index (χ3v) is 3.56. The zero-order chi connectivity index (χ0) is 13.8. The van der Waals surface area contributed by atoms with Crippen LogP contribution in [0, 0.1) is 5.92 Å². The van der Waals surface area contributed by atoms with Crippen LogP contribution in [-0.2, 0) is 4.79 Å². The van der Waals surface area contributed by atoms with Gasteiger partial charge in [-0.3, -0.25) is 9.59 Å². The molecule has 5 N–H and O–H groups in total. The molecule has 5 nitrogen and oxygen atoms in total. The van der Waals surface area contributed by atoms with Crippen molar-refractivity contribution in [3.05, 3.63) is 29.8 Å². The van der Waals surface area contributed by atoms with E-state index in [9.17, 15) is 9.59 Å². The molecule has 0 spiro atoms. The van der Waals surface area contributed by atoms with Crippen LogP contribution in [0.25, 0.3) is 0 Å². The summed E-state index contributed by atoms with van der Waals surface area (Å²) in [6.45, 7) is 0. The summed E-state index contributed by atoms with van der Waals surface area (Å²) in [6, 6.07) is 6.86. The molecule has 1 aliphatic rings. The van der Waals surface area contributed by atoms with Crippen LogP contribution in [0.1, 0.15) is 36.0 Å². The van der Waals surface area contributed by atoms with Crippen molar-refractivity contribution in [1.82, 2.24) is 5.32 Å². The summed E-state index contributed by atoms with van der Waals surface area (Å²) >= 11 is 0.